The Morgan fingerprint density at radius 1 is 1.17 bits per heavy atom. The van der Waals surface area contributed by atoms with Gasteiger partial charge in [0.2, 0.25) is 5.91 Å². The third kappa shape index (κ3) is 4.56. The van der Waals surface area contributed by atoms with Gasteiger partial charge >= 0.3 is 0 Å². The molecule has 0 radical (unpaired) electrons. The summed E-state index contributed by atoms with van der Waals surface area (Å²) in [6, 6.07) is 12.9. The van der Waals surface area contributed by atoms with Crippen molar-refractivity contribution in [1.29, 1.82) is 0 Å². The van der Waals surface area contributed by atoms with Crippen molar-refractivity contribution in [2.75, 3.05) is 0 Å². The van der Waals surface area contributed by atoms with Crippen LogP contribution >= 0.6 is 0 Å². The normalized spacial score (nSPS) is 14.3. The number of hydrogen-bond acceptors (Lipinski definition) is 3. The average molecular weight is 392 g/mol. The highest BCUT2D eigenvalue weighted by Crippen LogP contribution is 2.25. The van der Waals surface area contributed by atoms with Crippen LogP contribution in [0.2, 0.25) is 0 Å². The van der Waals surface area contributed by atoms with Crippen LogP contribution < -0.4 is 5.32 Å². The molecule has 1 aromatic heterocycles. The van der Waals surface area contributed by atoms with E-state index in [9.17, 15) is 9.18 Å². The summed E-state index contributed by atoms with van der Waals surface area (Å²) in [6.07, 6.45) is 6.92. The van der Waals surface area contributed by atoms with Gasteiger partial charge in [-0.3, -0.25) is 4.79 Å². The van der Waals surface area contributed by atoms with Crippen molar-refractivity contribution < 1.29 is 13.6 Å². The van der Waals surface area contributed by atoms with E-state index < -0.39 is 0 Å². The van der Waals surface area contributed by atoms with E-state index in [1.807, 2.05) is 6.92 Å². The zero-order chi connectivity index (χ0) is 20.2. The van der Waals surface area contributed by atoms with Crippen molar-refractivity contribution in [2.24, 2.45) is 0 Å². The van der Waals surface area contributed by atoms with E-state index in [2.05, 4.69) is 28.5 Å². The summed E-state index contributed by atoms with van der Waals surface area (Å²) in [5.41, 5.74) is 4.36. The standard InChI is InChI=1S/C24H25FN2O2/c1-16(18-11-10-17-6-2-3-7-19(17)14-18)27-23(28)12-13-24-26-15-22(29-24)20-8-4-5-9-21(20)25/h4-5,8-11,14-16H,2-3,6-7,12-13H2,1H3,(H,27,28)/t16-/m0/s1. The fourth-order valence-corrected chi connectivity index (χ4v) is 3.85. The third-order valence-corrected chi connectivity index (χ3v) is 5.51. The molecule has 1 atom stereocenters. The van der Waals surface area contributed by atoms with Crippen LogP contribution in [0.4, 0.5) is 4.39 Å². The zero-order valence-corrected chi connectivity index (χ0v) is 16.6. The number of carbonyl (C=O) groups is 1. The molecule has 0 aliphatic heterocycles. The summed E-state index contributed by atoms with van der Waals surface area (Å²) in [6.45, 7) is 2.00. The van der Waals surface area contributed by atoms with Crippen molar-refractivity contribution in [3.63, 3.8) is 0 Å². The van der Waals surface area contributed by atoms with E-state index in [0.717, 1.165) is 18.4 Å². The molecule has 0 bridgehead atoms. The Hall–Kier alpha value is -2.95. The Labute approximate surface area is 170 Å². The van der Waals surface area contributed by atoms with Gasteiger partial charge in [-0.05, 0) is 61.4 Å². The summed E-state index contributed by atoms with van der Waals surface area (Å²) in [4.78, 5) is 16.6. The molecule has 150 valence electrons. The lowest BCUT2D eigenvalue weighted by Crippen LogP contribution is -2.27. The molecular formula is C24H25FN2O2. The van der Waals surface area contributed by atoms with Gasteiger partial charge in [-0.25, -0.2) is 9.37 Å². The smallest absolute Gasteiger partial charge is 0.220 e. The maximum Gasteiger partial charge on any atom is 0.220 e. The predicted molar refractivity (Wildman–Crippen MR) is 110 cm³/mol. The number of oxazole rings is 1. The number of nitrogens with one attached hydrogen (secondary N) is 1. The molecule has 3 aromatic rings. The minimum absolute atomic E-state index is 0.0479. The van der Waals surface area contributed by atoms with Gasteiger partial charge < -0.3 is 9.73 Å². The van der Waals surface area contributed by atoms with Gasteiger partial charge in [0.25, 0.3) is 0 Å². The van der Waals surface area contributed by atoms with Crippen molar-refractivity contribution >= 4 is 5.91 Å². The second-order valence-electron chi connectivity index (χ2n) is 7.62. The quantitative estimate of drug-likeness (QED) is 0.630. The number of hydrogen-bond donors (Lipinski definition) is 1. The number of benzene rings is 2. The molecule has 29 heavy (non-hydrogen) atoms. The minimum Gasteiger partial charge on any atom is -0.441 e. The summed E-state index contributed by atoms with van der Waals surface area (Å²) < 4.78 is 19.5. The molecule has 0 unspecified atom stereocenters. The van der Waals surface area contributed by atoms with Gasteiger partial charge in [0.05, 0.1) is 17.8 Å². The van der Waals surface area contributed by atoms with E-state index in [1.54, 1.807) is 18.2 Å². The SMILES string of the molecule is C[C@H](NC(=O)CCc1ncc(-c2ccccc2F)o1)c1ccc2c(c1)CCCC2. The molecule has 0 fully saturated rings. The van der Waals surface area contributed by atoms with Gasteiger partial charge in [0, 0.05) is 12.8 Å². The van der Waals surface area contributed by atoms with Gasteiger partial charge in [-0.1, -0.05) is 30.3 Å². The zero-order valence-electron chi connectivity index (χ0n) is 16.6. The number of nitrogens with zero attached hydrogens (tertiary/aromatic N) is 1. The van der Waals surface area contributed by atoms with Crippen molar-refractivity contribution in [1.82, 2.24) is 10.3 Å². The molecule has 1 aliphatic carbocycles. The van der Waals surface area contributed by atoms with Crippen LogP contribution in [0.3, 0.4) is 0 Å². The molecule has 1 heterocycles. The van der Waals surface area contributed by atoms with Crippen LogP contribution in [0, 0.1) is 5.82 Å². The van der Waals surface area contributed by atoms with E-state index in [0.29, 0.717) is 23.6 Å². The van der Waals surface area contributed by atoms with Crippen LogP contribution in [0.25, 0.3) is 11.3 Å². The molecule has 0 spiro atoms. The van der Waals surface area contributed by atoms with Gasteiger partial charge in [0.15, 0.2) is 11.7 Å². The predicted octanol–water partition coefficient (Wildman–Crippen LogP) is 5.17. The first-order chi connectivity index (χ1) is 14.1. The Balaban J connectivity index is 1.33. The molecule has 1 amide bonds. The highest BCUT2D eigenvalue weighted by atomic mass is 19.1. The Morgan fingerprint density at radius 2 is 1.97 bits per heavy atom. The van der Waals surface area contributed by atoms with Gasteiger partial charge in [0.1, 0.15) is 5.82 Å². The maximum atomic E-state index is 13.9. The fraction of sp³-hybridized carbons (Fsp3) is 0.333. The van der Waals surface area contributed by atoms with E-state index in [1.165, 1.54) is 36.2 Å². The van der Waals surface area contributed by atoms with Gasteiger partial charge in [-0.2, -0.15) is 0 Å². The molecule has 1 N–H and O–H groups in total. The fourth-order valence-electron chi connectivity index (χ4n) is 3.85. The average Bonchev–Trinajstić information content (AvgIpc) is 3.21. The Morgan fingerprint density at radius 3 is 2.79 bits per heavy atom. The molecule has 1 aliphatic rings. The van der Waals surface area contributed by atoms with Crippen LogP contribution in [0.15, 0.2) is 53.1 Å². The summed E-state index contributed by atoms with van der Waals surface area (Å²) in [5, 5.41) is 3.05. The Kier molecular flexibility index (Phi) is 5.74. The van der Waals surface area contributed by atoms with Crippen LogP contribution in [-0.2, 0) is 24.1 Å². The number of carbonyl (C=O) groups excluding carboxylic acids is 1. The van der Waals surface area contributed by atoms with Crippen molar-refractivity contribution in [3.05, 3.63) is 77.1 Å². The number of aryl methyl sites for hydroxylation is 3. The third-order valence-electron chi connectivity index (χ3n) is 5.51. The second kappa shape index (κ2) is 8.60. The van der Waals surface area contributed by atoms with E-state index in [4.69, 9.17) is 4.42 Å². The number of halogens is 1. The monoisotopic (exact) mass is 392 g/mol. The second-order valence-corrected chi connectivity index (χ2v) is 7.62. The molecular weight excluding hydrogens is 367 g/mol. The van der Waals surface area contributed by atoms with Crippen molar-refractivity contribution in [3.8, 4) is 11.3 Å². The van der Waals surface area contributed by atoms with Crippen LogP contribution in [0.5, 0.6) is 0 Å². The number of aromatic nitrogens is 1. The van der Waals surface area contributed by atoms with E-state index in [-0.39, 0.29) is 24.2 Å². The summed E-state index contributed by atoms with van der Waals surface area (Å²) in [7, 11) is 0. The van der Waals surface area contributed by atoms with E-state index >= 15 is 0 Å². The van der Waals surface area contributed by atoms with Crippen molar-refractivity contribution in [2.45, 2.75) is 51.5 Å². The number of amides is 1. The van der Waals surface area contributed by atoms with Gasteiger partial charge in [-0.15, -0.1) is 0 Å². The molecule has 0 saturated heterocycles. The summed E-state index contributed by atoms with van der Waals surface area (Å²) >= 11 is 0. The minimum atomic E-state index is -0.355. The summed E-state index contributed by atoms with van der Waals surface area (Å²) in [5.74, 6) is 0.397. The molecule has 5 heteroatoms. The van der Waals surface area contributed by atoms with Crippen LogP contribution in [0.1, 0.15) is 54.8 Å². The van der Waals surface area contributed by atoms with Crippen LogP contribution in [-0.4, -0.2) is 10.9 Å². The lowest BCUT2D eigenvalue weighted by Gasteiger charge is -2.20. The first-order valence-electron chi connectivity index (χ1n) is 10.2. The highest BCUT2D eigenvalue weighted by Gasteiger charge is 2.15. The Bertz CT molecular complexity index is 1010. The molecule has 4 nitrogen and oxygen atoms in total. The largest absolute Gasteiger partial charge is 0.441 e. The molecule has 2 aromatic carbocycles. The lowest BCUT2D eigenvalue weighted by atomic mass is 9.89. The first kappa shape index (κ1) is 19.4. The highest BCUT2D eigenvalue weighted by molar-refractivity contribution is 5.76. The molecule has 4 rings (SSSR count). The number of rotatable bonds is 6. The topological polar surface area (TPSA) is 55.1 Å². The maximum absolute atomic E-state index is 13.9. The number of fused-ring (bicyclic) bond motifs is 1. The molecule has 0 saturated carbocycles. The first-order valence-corrected chi connectivity index (χ1v) is 10.2. The lowest BCUT2D eigenvalue weighted by molar-refractivity contribution is -0.121.